The smallest absolute Gasteiger partial charge is 0.350 e. The Labute approximate surface area is 95.3 Å². The van der Waals surface area contributed by atoms with Crippen molar-refractivity contribution in [3.05, 3.63) is 0 Å². The van der Waals surface area contributed by atoms with Crippen LogP contribution in [0.25, 0.3) is 0 Å². The molecule has 0 amide bonds. The van der Waals surface area contributed by atoms with E-state index in [0.717, 1.165) is 12.8 Å². The van der Waals surface area contributed by atoms with Gasteiger partial charge in [-0.05, 0) is 26.7 Å². The summed E-state index contributed by atoms with van der Waals surface area (Å²) in [4.78, 5) is 11.2. The fraction of sp³-hybridized carbons (Fsp3) is 0.818. The molecule has 0 aromatic rings. The van der Waals surface area contributed by atoms with E-state index in [9.17, 15) is 4.79 Å². The Morgan fingerprint density at radius 2 is 2.38 bits per heavy atom. The summed E-state index contributed by atoms with van der Waals surface area (Å²) in [5.41, 5.74) is 0. The zero-order valence-electron chi connectivity index (χ0n) is 9.64. The monoisotopic (exact) mass is 227 g/mol. The van der Waals surface area contributed by atoms with E-state index in [0.29, 0.717) is 0 Å². The number of carbonyl (C=O) groups excluding carboxylic acids is 1. The predicted molar refractivity (Wildman–Crippen MR) is 55.6 cm³/mol. The largest absolute Gasteiger partial charge is 0.463 e. The van der Waals surface area contributed by atoms with Gasteiger partial charge in [-0.2, -0.15) is 5.26 Å². The van der Waals surface area contributed by atoms with Crippen molar-refractivity contribution in [3.63, 3.8) is 0 Å². The Kier molecular flexibility index (Phi) is 5.23. The van der Waals surface area contributed by atoms with E-state index in [1.54, 1.807) is 13.0 Å². The average molecular weight is 227 g/mol. The van der Waals surface area contributed by atoms with E-state index >= 15 is 0 Å². The molecule has 5 heteroatoms. The Hall–Kier alpha value is -1.12. The van der Waals surface area contributed by atoms with Gasteiger partial charge in [-0.1, -0.05) is 0 Å². The maximum atomic E-state index is 11.2. The molecule has 0 aromatic heterocycles. The first kappa shape index (κ1) is 12.9. The molecule has 3 atom stereocenters. The van der Waals surface area contributed by atoms with Crippen LogP contribution < -0.4 is 0 Å². The third kappa shape index (κ3) is 3.80. The van der Waals surface area contributed by atoms with Gasteiger partial charge in [0.05, 0.1) is 25.4 Å². The van der Waals surface area contributed by atoms with Gasteiger partial charge >= 0.3 is 5.97 Å². The predicted octanol–water partition coefficient (Wildman–Crippen LogP) is 1.03. The maximum absolute atomic E-state index is 11.2. The fourth-order valence-electron chi connectivity index (χ4n) is 1.59. The van der Waals surface area contributed by atoms with Crippen molar-refractivity contribution >= 4 is 5.97 Å². The highest BCUT2D eigenvalue weighted by Gasteiger charge is 2.26. The number of carbonyl (C=O) groups is 1. The maximum Gasteiger partial charge on any atom is 0.350 e. The molecule has 16 heavy (non-hydrogen) atoms. The van der Waals surface area contributed by atoms with E-state index in [1.807, 2.05) is 6.92 Å². The summed E-state index contributed by atoms with van der Waals surface area (Å²) in [7, 11) is 0. The van der Waals surface area contributed by atoms with Crippen molar-refractivity contribution < 1.29 is 19.0 Å². The molecule has 0 spiro atoms. The SMILES string of the molecule is CCOC(=O)C(C#N)OC[C@@H]1CC[C@H](C)O1. The van der Waals surface area contributed by atoms with Crippen molar-refractivity contribution in [2.24, 2.45) is 0 Å². The highest BCUT2D eigenvalue weighted by Crippen LogP contribution is 2.19. The summed E-state index contributed by atoms with van der Waals surface area (Å²) in [5.74, 6) is -0.629. The van der Waals surface area contributed by atoms with Crippen LogP contribution >= 0.6 is 0 Å². The first-order valence-corrected chi connectivity index (χ1v) is 5.50. The summed E-state index contributed by atoms with van der Waals surface area (Å²) in [6.45, 7) is 4.19. The summed E-state index contributed by atoms with van der Waals surface area (Å²) < 4.78 is 15.4. The van der Waals surface area contributed by atoms with Gasteiger partial charge in [0.25, 0.3) is 0 Å². The number of esters is 1. The number of nitrogens with zero attached hydrogens (tertiary/aromatic N) is 1. The van der Waals surface area contributed by atoms with Gasteiger partial charge in [-0.3, -0.25) is 0 Å². The molecule has 1 aliphatic heterocycles. The minimum Gasteiger partial charge on any atom is -0.463 e. The van der Waals surface area contributed by atoms with Gasteiger partial charge in [0, 0.05) is 0 Å². The van der Waals surface area contributed by atoms with Crippen LogP contribution in [0.15, 0.2) is 0 Å². The molecule has 0 radical (unpaired) electrons. The lowest BCUT2D eigenvalue weighted by molar-refractivity contribution is -0.154. The van der Waals surface area contributed by atoms with E-state index in [4.69, 9.17) is 19.5 Å². The molecule has 1 heterocycles. The lowest BCUT2D eigenvalue weighted by Crippen LogP contribution is -2.29. The van der Waals surface area contributed by atoms with Crippen LogP contribution in [0.2, 0.25) is 0 Å². The number of hydrogen-bond acceptors (Lipinski definition) is 5. The number of hydrogen-bond donors (Lipinski definition) is 0. The topological polar surface area (TPSA) is 68.6 Å². The second kappa shape index (κ2) is 6.46. The van der Waals surface area contributed by atoms with Gasteiger partial charge in [-0.25, -0.2) is 4.79 Å². The van der Waals surface area contributed by atoms with Crippen LogP contribution in [0, 0.1) is 11.3 Å². The van der Waals surface area contributed by atoms with E-state index in [1.165, 1.54) is 0 Å². The molecule has 5 nitrogen and oxygen atoms in total. The molecular weight excluding hydrogens is 210 g/mol. The van der Waals surface area contributed by atoms with Gasteiger partial charge < -0.3 is 14.2 Å². The Bertz CT molecular complexity index is 274. The summed E-state index contributed by atoms with van der Waals surface area (Å²) in [6, 6.07) is 1.77. The first-order valence-electron chi connectivity index (χ1n) is 5.50. The minimum atomic E-state index is -1.14. The lowest BCUT2D eigenvalue weighted by Gasteiger charge is -2.14. The van der Waals surface area contributed by atoms with Crippen LogP contribution in [-0.4, -0.2) is 37.5 Å². The molecular formula is C11H17NO4. The van der Waals surface area contributed by atoms with Crippen molar-refractivity contribution in [2.45, 2.75) is 45.0 Å². The standard InChI is InChI=1S/C11H17NO4/c1-3-14-11(13)10(6-12)15-7-9-5-4-8(2)16-9/h8-10H,3-5,7H2,1-2H3/t8-,9-,10?/m0/s1. The second-order valence-corrected chi connectivity index (χ2v) is 3.74. The Morgan fingerprint density at radius 3 is 2.88 bits per heavy atom. The molecule has 0 bridgehead atoms. The molecule has 0 aromatic carbocycles. The summed E-state index contributed by atoms with van der Waals surface area (Å²) in [5, 5.41) is 8.73. The minimum absolute atomic E-state index is 0.0136. The first-order chi connectivity index (χ1) is 7.67. The summed E-state index contributed by atoms with van der Waals surface area (Å²) >= 11 is 0. The van der Waals surface area contributed by atoms with Crippen molar-refractivity contribution in [2.75, 3.05) is 13.2 Å². The normalized spacial score (nSPS) is 26.1. The zero-order chi connectivity index (χ0) is 12.0. The third-order valence-corrected chi connectivity index (χ3v) is 2.39. The number of rotatable bonds is 5. The molecule has 1 aliphatic rings. The molecule has 1 saturated heterocycles. The van der Waals surface area contributed by atoms with E-state index in [2.05, 4.69) is 0 Å². The Balaban J connectivity index is 2.29. The fourth-order valence-corrected chi connectivity index (χ4v) is 1.59. The molecule has 0 saturated carbocycles. The van der Waals surface area contributed by atoms with Gasteiger partial charge in [-0.15, -0.1) is 0 Å². The zero-order valence-corrected chi connectivity index (χ0v) is 9.64. The lowest BCUT2D eigenvalue weighted by atomic mass is 10.2. The summed E-state index contributed by atoms with van der Waals surface area (Å²) in [6.07, 6.45) is 0.976. The molecule has 90 valence electrons. The van der Waals surface area contributed by atoms with Crippen molar-refractivity contribution in [1.29, 1.82) is 5.26 Å². The molecule has 1 unspecified atom stereocenters. The van der Waals surface area contributed by atoms with Gasteiger partial charge in [0.1, 0.15) is 6.07 Å². The van der Waals surface area contributed by atoms with E-state index in [-0.39, 0.29) is 25.4 Å². The van der Waals surface area contributed by atoms with Crippen LogP contribution in [0.3, 0.4) is 0 Å². The number of ether oxygens (including phenoxy) is 3. The van der Waals surface area contributed by atoms with Crippen molar-refractivity contribution in [1.82, 2.24) is 0 Å². The highest BCUT2D eigenvalue weighted by atomic mass is 16.6. The average Bonchev–Trinajstić information content (AvgIpc) is 2.65. The van der Waals surface area contributed by atoms with Crippen molar-refractivity contribution in [3.8, 4) is 6.07 Å². The number of nitriles is 1. The molecule has 0 N–H and O–H groups in total. The Morgan fingerprint density at radius 1 is 1.62 bits per heavy atom. The van der Waals surface area contributed by atoms with Crippen LogP contribution in [0.4, 0.5) is 0 Å². The third-order valence-electron chi connectivity index (χ3n) is 2.39. The van der Waals surface area contributed by atoms with Gasteiger partial charge in [0.2, 0.25) is 6.10 Å². The van der Waals surface area contributed by atoms with Gasteiger partial charge in [0.15, 0.2) is 0 Å². The quantitative estimate of drug-likeness (QED) is 0.656. The van der Waals surface area contributed by atoms with Crippen LogP contribution in [-0.2, 0) is 19.0 Å². The van der Waals surface area contributed by atoms with Crippen LogP contribution in [0.5, 0.6) is 0 Å². The highest BCUT2D eigenvalue weighted by molar-refractivity contribution is 5.77. The van der Waals surface area contributed by atoms with E-state index < -0.39 is 12.1 Å². The second-order valence-electron chi connectivity index (χ2n) is 3.74. The molecule has 0 aliphatic carbocycles. The molecule has 1 rings (SSSR count). The molecule has 1 fully saturated rings. The van der Waals surface area contributed by atoms with Crippen LogP contribution in [0.1, 0.15) is 26.7 Å².